The Hall–Kier alpha value is -3.10. The lowest BCUT2D eigenvalue weighted by molar-refractivity contribution is -0.130. The summed E-state index contributed by atoms with van der Waals surface area (Å²) in [5.74, 6) is 0.980. The van der Waals surface area contributed by atoms with Crippen LogP contribution >= 0.6 is 23.2 Å². The van der Waals surface area contributed by atoms with Crippen LogP contribution in [0.5, 0.6) is 5.75 Å². The molecule has 0 bridgehead atoms. The van der Waals surface area contributed by atoms with Gasteiger partial charge in [-0.2, -0.15) is 0 Å². The van der Waals surface area contributed by atoms with Crippen molar-refractivity contribution in [2.24, 2.45) is 10.9 Å². The minimum absolute atomic E-state index is 0.0644. The second-order valence-corrected chi connectivity index (χ2v) is 10.7. The van der Waals surface area contributed by atoms with Crippen molar-refractivity contribution in [2.75, 3.05) is 19.8 Å². The van der Waals surface area contributed by atoms with Crippen molar-refractivity contribution < 1.29 is 19.4 Å². The minimum Gasteiger partial charge on any atom is -0.494 e. The monoisotopic (exact) mass is 569 g/mol. The van der Waals surface area contributed by atoms with Crippen molar-refractivity contribution in [3.8, 4) is 5.75 Å². The van der Waals surface area contributed by atoms with Crippen LogP contribution in [0.25, 0.3) is 0 Å². The van der Waals surface area contributed by atoms with Crippen LogP contribution in [0.1, 0.15) is 43.1 Å². The second-order valence-electron chi connectivity index (χ2n) is 9.85. The first kappa shape index (κ1) is 28.9. The molecule has 0 aliphatic carbocycles. The number of hydrogen-bond acceptors (Lipinski definition) is 6. The third kappa shape index (κ3) is 7.11. The fourth-order valence-corrected chi connectivity index (χ4v) is 4.83. The van der Waals surface area contributed by atoms with Crippen molar-refractivity contribution in [1.82, 2.24) is 10.9 Å². The molecule has 1 aliphatic heterocycles. The summed E-state index contributed by atoms with van der Waals surface area (Å²) >= 11 is 12.9. The number of nitrogens with one attached hydrogen (secondary N) is 2. The van der Waals surface area contributed by atoms with Gasteiger partial charge >= 0.3 is 0 Å². The Morgan fingerprint density at radius 2 is 1.85 bits per heavy atom. The summed E-state index contributed by atoms with van der Waals surface area (Å²) in [5.41, 5.74) is 6.77. The Morgan fingerprint density at radius 1 is 1.10 bits per heavy atom. The zero-order valence-electron chi connectivity index (χ0n) is 22.0. The van der Waals surface area contributed by atoms with E-state index in [0.29, 0.717) is 58.3 Å². The zero-order chi connectivity index (χ0) is 27.8. The van der Waals surface area contributed by atoms with E-state index >= 15 is 0 Å². The number of ether oxygens (including phenoxy) is 2. The van der Waals surface area contributed by atoms with Crippen molar-refractivity contribution in [3.05, 3.63) is 99.5 Å². The Labute approximate surface area is 239 Å². The molecule has 9 heteroatoms. The van der Waals surface area contributed by atoms with Gasteiger partial charge in [0.1, 0.15) is 5.75 Å². The van der Waals surface area contributed by atoms with E-state index in [1.54, 1.807) is 18.2 Å². The fourth-order valence-electron chi connectivity index (χ4n) is 4.32. The number of hydrazine groups is 1. The highest BCUT2D eigenvalue weighted by Crippen LogP contribution is 2.45. The average Bonchev–Trinajstić information content (AvgIpc) is 3.29. The first-order valence-corrected chi connectivity index (χ1v) is 13.7. The molecular formula is C30H33Cl2N3O4. The van der Waals surface area contributed by atoms with E-state index in [2.05, 4.69) is 24.7 Å². The maximum absolute atomic E-state index is 14.0. The molecule has 0 saturated carbocycles. The molecule has 1 aliphatic rings. The number of rotatable bonds is 12. The highest BCUT2D eigenvalue weighted by molar-refractivity contribution is 6.35. The summed E-state index contributed by atoms with van der Waals surface area (Å²) in [5, 5.41) is 9.87. The van der Waals surface area contributed by atoms with Gasteiger partial charge in [0.2, 0.25) is 5.90 Å². The predicted octanol–water partition coefficient (Wildman–Crippen LogP) is 5.53. The fraction of sp³-hybridized carbons (Fsp3) is 0.333. The minimum atomic E-state index is -1.37. The SMILES string of the molecule is CC(C)CNNC(=O)[C@@]1(Cc2ccccc2)N=C(c2ccc(OCCCO)cc2)O[C@H]1c1ccc(Cl)cc1Cl. The predicted molar refractivity (Wildman–Crippen MR) is 154 cm³/mol. The number of amides is 1. The van der Waals surface area contributed by atoms with Crippen LogP contribution in [0.2, 0.25) is 10.0 Å². The van der Waals surface area contributed by atoms with Gasteiger partial charge < -0.3 is 14.6 Å². The molecule has 0 aromatic heterocycles. The average molecular weight is 571 g/mol. The van der Waals surface area contributed by atoms with Crippen molar-refractivity contribution in [1.29, 1.82) is 0 Å². The van der Waals surface area contributed by atoms with Gasteiger partial charge in [-0.15, -0.1) is 0 Å². The number of benzene rings is 3. The Kier molecular flexibility index (Phi) is 9.86. The van der Waals surface area contributed by atoms with E-state index in [0.717, 1.165) is 5.56 Å². The summed E-state index contributed by atoms with van der Waals surface area (Å²) in [4.78, 5) is 19.0. The largest absolute Gasteiger partial charge is 0.494 e. The van der Waals surface area contributed by atoms with Gasteiger partial charge in [-0.3, -0.25) is 10.2 Å². The van der Waals surface area contributed by atoms with Crippen LogP contribution in [-0.2, 0) is 16.0 Å². The first-order valence-electron chi connectivity index (χ1n) is 12.9. The summed E-state index contributed by atoms with van der Waals surface area (Å²) in [6.07, 6.45) is 0.000453. The van der Waals surface area contributed by atoms with Gasteiger partial charge in [0.05, 0.1) is 6.61 Å². The van der Waals surface area contributed by atoms with E-state index in [-0.39, 0.29) is 18.9 Å². The number of halogens is 2. The third-order valence-corrected chi connectivity index (χ3v) is 6.87. The van der Waals surface area contributed by atoms with Gasteiger partial charge in [0.15, 0.2) is 11.6 Å². The molecule has 0 unspecified atom stereocenters. The highest BCUT2D eigenvalue weighted by atomic mass is 35.5. The smallest absolute Gasteiger partial charge is 0.266 e. The molecule has 3 aromatic rings. The van der Waals surface area contributed by atoms with Crippen LogP contribution in [0.4, 0.5) is 0 Å². The van der Waals surface area contributed by atoms with E-state index in [1.165, 1.54) is 0 Å². The molecule has 1 amide bonds. The third-order valence-electron chi connectivity index (χ3n) is 6.30. The molecule has 0 spiro atoms. The molecule has 0 fully saturated rings. The van der Waals surface area contributed by atoms with E-state index in [1.807, 2.05) is 54.6 Å². The molecule has 206 valence electrons. The number of aliphatic imine (C=N–C) groups is 1. The molecule has 3 N–H and O–H groups in total. The number of aliphatic hydroxyl groups is 1. The topological polar surface area (TPSA) is 92.2 Å². The summed E-state index contributed by atoms with van der Waals surface area (Å²) in [6.45, 7) is 5.18. The van der Waals surface area contributed by atoms with E-state index in [9.17, 15) is 4.79 Å². The molecule has 1 heterocycles. The standard InChI is InChI=1S/C30H33Cl2N3O4/c1-20(2)19-33-35-29(37)30(18-21-7-4-3-5-8-21)27(25-14-11-23(31)17-26(25)32)39-28(34-30)22-9-12-24(13-10-22)38-16-6-15-36/h3-5,7-14,17,20,27,33,36H,6,15-16,18-19H2,1-2H3,(H,35,37)/t27-,30-/m0/s1. The number of nitrogens with zero attached hydrogens (tertiary/aromatic N) is 1. The van der Waals surface area contributed by atoms with Gasteiger partial charge in [-0.1, -0.05) is 73.4 Å². The molecular weight excluding hydrogens is 537 g/mol. The summed E-state index contributed by atoms with van der Waals surface area (Å²) in [6, 6.07) is 22.1. The lowest BCUT2D eigenvalue weighted by atomic mass is 9.82. The molecule has 39 heavy (non-hydrogen) atoms. The second kappa shape index (κ2) is 13.3. The molecule has 0 saturated heterocycles. The normalized spacial score (nSPS) is 18.5. The van der Waals surface area contributed by atoms with Gasteiger partial charge in [0, 0.05) is 47.2 Å². The van der Waals surface area contributed by atoms with Gasteiger partial charge in [-0.25, -0.2) is 10.4 Å². The van der Waals surface area contributed by atoms with Gasteiger partial charge in [-0.05, 0) is 47.9 Å². The van der Waals surface area contributed by atoms with Crippen molar-refractivity contribution in [2.45, 2.75) is 38.3 Å². The van der Waals surface area contributed by atoms with Crippen LogP contribution in [0.3, 0.4) is 0 Å². The Morgan fingerprint density at radius 3 is 2.51 bits per heavy atom. The Balaban J connectivity index is 1.77. The van der Waals surface area contributed by atoms with Crippen molar-refractivity contribution in [3.63, 3.8) is 0 Å². The van der Waals surface area contributed by atoms with Crippen LogP contribution < -0.4 is 15.6 Å². The molecule has 3 aromatic carbocycles. The lowest BCUT2D eigenvalue weighted by Gasteiger charge is -2.31. The van der Waals surface area contributed by atoms with Crippen LogP contribution in [0, 0.1) is 5.92 Å². The molecule has 0 radical (unpaired) electrons. The number of hydrogen-bond donors (Lipinski definition) is 3. The zero-order valence-corrected chi connectivity index (χ0v) is 23.5. The first-order chi connectivity index (χ1) is 18.8. The van der Waals surface area contributed by atoms with Crippen LogP contribution in [-0.4, -0.2) is 42.2 Å². The van der Waals surface area contributed by atoms with Crippen LogP contribution in [0.15, 0.2) is 77.8 Å². The van der Waals surface area contributed by atoms with Gasteiger partial charge in [0.25, 0.3) is 5.91 Å². The lowest BCUT2D eigenvalue weighted by Crippen LogP contribution is -2.54. The van der Waals surface area contributed by atoms with Crippen molar-refractivity contribution >= 4 is 35.0 Å². The molecule has 2 atom stereocenters. The number of carbonyl (C=O) groups is 1. The highest BCUT2D eigenvalue weighted by Gasteiger charge is 2.54. The maximum Gasteiger partial charge on any atom is 0.266 e. The van der Waals surface area contributed by atoms with E-state index in [4.69, 9.17) is 42.8 Å². The molecule has 4 rings (SSSR count). The summed E-state index contributed by atoms with van der Waals surface area (Å²) < 4.78 is 12.1. The molecule has 7 nitrogen and oxygen atoms in total. The number of carbonyl (C=O) groups excluding carboxylic acids is 1. The van der Waals surface area contributed by atoms with E-state index < -0.39 is 11.6 Å². The summed E-state index contributed by atoms with van der Waals surface area (Å²) in [7, 11) is 0. The quantitative estimate of drug-likeness (QED) is 0.197. The number of aliphatic hydroxyl groups excluding tert-OH is 1. The Bertz CT molecular complexity index is 1290. The maximum atomic E-state index is 14.0.